The van der Waals surface area contributed by atoms with Crippen molar-refractivity contribution in [3.63, 3.8) is 0 Å². The van der Waals surface area contributed by atoms with Crippen LogP contribution in [0.2, 0.25) is 0 Å². The molecule has 0 atom stereocenters. The van der Waals surface area contributed by atoms with Gasteiger partial charge in [0.2, 0.25) is 0 Å². The van der Waals surface area contributed by atoms with E-state index in [1.165, 1.54) is 6.07 Å². The molecule has 1 aromatic rings. The molecule has 0 bridgehead atoms. The monoisotopic (exact) mass is 256 g/mol. The summed E-state index contributed by atoms with van der Waals surface area (Å²) in [5.74, 6) is 0. The van der Waals surface area contributed by atoms with E-state index in [0.29, 0.717) is 18.4 Å². The number of halogens is 1. The minimum Gasteiger partial charge on any atom is -0.207 e. The normalized spacial score (nSPS) is 11.1. The Balaban J connectivity index is 3.43. The van der Waals surface area contributed by atoms with Gasteiger partial charge in [0.25, 0.3) is 9.05 Å². The summed E-state index contributed by atoms with van der Waals surface area (Å²) in [5.41, 5.74) is 1.61. The van der Waals surface area contributed by atoms with Crippen LogP contribution in [0.5, 0.6) is 0 Å². The first kappa shape index (κ1) is 13.0. The Morgan fingerprint density at radius 3 is 2.31 bits per heavy atom. The van der Waals surface area contributed by atoms with Crippen molar-refractivity contribution >= 4 is 19.7 Å². The van der Waals surface area contributed by atoms with Gasteiger partial charge in [-0.3, -0.25) is 0 Å². The van der Waals surface area contributed by atoms with E-state index in [0.717, 1.165) is 5.56 Å². The minimum atomic E-state index is -3.71. The molecule has 0 radical (unpaired) electrons. The van der Waals surface area contributed by atoms with Crippen molar-refractivity contribution < 1.29 is 8.42 Å². The minimum absolute atomic E-state index is 0.161. The molecule has 16 heavy (non-hydrogen) atoms. The Morgan fingerprint density at radius 2 is 1.81 bits per heavy atom. The van der Waals surface area contributed by atoms with Crippen molar-refractivity contribution in [1.29, 1.82) is 0 Å². The van der Waals surface area contributed by atoms with Gasteiger partial charge in [-0.1, -0.05) is 24.3 Å². The summed E-state index contributed by atoms with van der Waals surface area (Å²) in [4.78, 5) is 0.161. The van der Waals surface area contributed by atoms with Gasteiger partial charge in [0.1, 0.15) is 0 Å². The quantitative estimate of drug-likeness (QED) is 0.599. The number of hydrogen-bond donors (Lipinski definition) is 0. The standard InChI is InChI=1S/C12H13ClO2S/c1-3-6-10-8-5-9-12(16(13,14)15)11(10)7-4-2/h3-5,8-9H,1-2,6-7H2. The molecule has 0 aliphatic rings. The Kier molecular flexibility index (Phi) is 4.33. The van der Waals surface area contributed by atoms with Crippen molar-refractivity contribution in [3.05, 3.63) is 54.6 Å². The molecule has 0 saturated carbocycles. The fraction of sp³-hybridized carbons (Fsp3) is 0.167. The lowest BCUT2D eigenvalue weighted by molar-refractivity contribution is 0.608. The fourth-order valence-corrected chi connectivity index (χ4v) is 2.75. The van der Waals surface area contributed by atoms with Crippen molar-refractivity contribution in [2.45, 2.75) is 17.7 Å². The van der Waals surface area contributed by atoms with Gasteiger partial charge in [0.15, 0.2) is 0 Å². The highest BCUT2D eigenvalue weighted by Crippen LogP contribution is 2.24. The summed E-state index contributed by atoms with van der Waals surface area (Å²) in [5, 5.41) is 0. The molecule has 0 spiro atoms. The lowest BCUT2D eigenvalue weighted by atomic mass is 10.0. The summed E-state index contributed by atoms with van der Waals surface area (Å²) in [6.07, 6.45) is 4.48. The summed E-state index contributed by atoms with van der Waals surface area (Å²) >= 11 is 0. The molecule has 1 aromatic carbocycles. The molecule has 1 rings (SSSR count). The summed E-state index contributed by atoms with van der Waals surface area (Å²) in [6.45, 7) is 7.26. The Hall–Kier alpha value is -1.06. The summed E-state index contributed by atoms with van der Waals surface area (Å²) in [7, 11) is 1.68. The Morgan fingerprint density at radius 1 is 1.19 bits per heavy atom. The van der Waals surface area contributed by atoms with Crippen LogP contribution in [0, 0.1) is 0 Å². The molecule has 0 heterocycles. The largest absolute Gasteiger partial charge is 0.261 e. The summed E-state index contributed by atoms with van der Waals surface area (Å²) < 4.78 is 22.8. The molecule has 0 N–H and O–H groups in total. The molecule has 86 valence electrons. The van der Waals surface area contributed by atoms with E-state index in [-0.39, 0.29) is 4.90 Å². The van der Waals surface area contributed by atoms with E-state index in [9.17, 15) is 8.42 Å². The number of benzene rings is 1. The maximum atomic E-state index is 11.4. The highest BCUT2D eigenvalue weighted by molar-refractivity contribution is 8.13. The van der Waals surface area contributed by atoms with Crippen molar-refractivity contribution in [2.24, 2.45) is 0 Å². The lowest BCUT2D eigenvalue weighted by Crippen LogP contribution is -2.01. The first-order valence-electron chi connectivity index (χ1n) is 4.78. The second kappa shape index (κ2) is 5.32. The maximum Gasteiger partial charge on any atom is 0.261 e. The third-order valence-corrected chi connectivity index (χ3v) is 3.61. The average Bonchev–Trinajstić information content (AvgIpc) is 2.19. The molecule has 2 nitrogen and oxygen atoms in total. The van der Waals surface area contributed by atoms with Gasteiger partial charge in [0, 0.05) is 10.7 Å². The average molecular weight is 257 g/mol. The molecule has 0 amide bonds. The van der Waals surface area contributed by atoms with Gasteiger partial charge in [-0.25, -0.2) is 8.42 Å². The van der Waals surface area contributed by atoms with Crippen molar-refractivity contribution in [2.75, 3.05) is 0 Å². The predicted octanol–water partition coefficient (Wildman–Crippen LogP) is 3.07. The third kappa shape index (κ3) is 2.97. The molecule has 0 aromatic heterocycles. The van der Waals surface area contributed by atoms with E-state index < -0.39 is 9.05 Å². The van der Waals surface area contributed by atoms with Gasteiger partial charge in [0.05, 0.1) is 4.90 Å². The van der Waals surface area contributed by atoms with Gasteiger partial charge in [-0.15, -0.1) is 13.2 Å². The van der Waals surface area contributed by atoms with E-state index in [1.54, 1.807) is 18.2 Å². The summed E-state index contributed by atoms with van der Waals surface area (Å²) in [6, 6.07) is 5.06. The first-order chi connectivity index (χ1) is 7.50. The van der Waals surface area contributed by atoms with Crippen LogP contribution in [0.25, 0.3) is 0 Å². The lowest BCUT2D eigenvalue weighted by Gasteiger charge is -2.09. The van der Waals surface area contributed by atoms with Crippen LogP contribution in [0.3, 0.4) is 0 Å². The molecular weight excluding hydrogens is 244 g/mol. The fourth-order valence-electron chi connectivity index (χ4n) is 1.56. The smallest absolute Gasteiger partial charge is 0.207 e. The Bertz CT molecular complexity index is 504. The molecular formula is C12H13ClO2S. The second-order valence-electron chi connectivity index (χ2n) is 3.32. The van der Waals surface area contributed by atoms with Gasteiger partial charge in [-0.2, -0.15) is 0 Å². The van der Waals surface area contributed by atoms with Crippen LogP contribution >= 0.6 is 10.7 Å². The number of rotatable bonds is 5. The zero-order valence-corrected chi connectivity index (χ0v) is 10.4. The number of allylic oxidation sites excluding steroid dienone is 2. The number of hydrogen-bond acceptors (Lipinski definition) is 2. The third-order valence-electron chi connectivity index (χ3n) is 2.21. The van der Waals surface area contributed by atoms with E-state index >= 15 is 0 Å². The predicted molar refractivity (Wildman–Crippen MR) is 67.3 cm³/mol. The van der Waals surface area contributed by atoms with Crippen LogP contribution in [-0.4, -0.2) is 8.42 Å². The van der Waals surface area contributed by atoms with E-state index in [1.807, 2.05) is 6.07 Å². The van der Waals surface area contributed by atoms with Gasteiger partial charge in [-0.05, 0) is 30.0 Å². The van der Waals surface area contributed by atoms with Crippen LogP contribution in [0.15, 0.2) is 48.4 Å². The second-order valence-corrected chi connectivity index (χ2v) is 5.85. The van der Waals surface area contributed by atoms with Crippen LogP contribution in [0.1, 0.15) is 11.1 Å². The van der Waals surface area contributed by atoms with E-state index in [4.69, 9.17) is 10.7 Å². The van der Waals surface area contributed by atoms with E-state index in [2.05, 4.69) is 13.2 Å². The molecule has 0 aliphatic heterocycles. The topological polar surface area (TPSA) is 34.1 Å². The Labute approximate surface area is 101 Å². The SMILES string of the molecule is C=CCc1cccc(S(=O)(=O)Cl)c1CC=C. The highest BCUT2D eigenvalue weighted by Gasteiger charge is 2.16. The zero-order chi connectivity index (χ0) is 12.2. The van der Waals surface area contributed by atoms with Crippen LogP contribution in [-0.2, 0) is 21.9 Å². The molecule has 0 unspecified atom stereocenters. The van der Waals surface area contributed by atoms with Crippen LogP contribution < -0.4 is 0 Å². The zero-order valence-electron chi connectivity index (χ0n) is 8.82. The van der Waals surface area contributed by atoms with Crippen LogP contribution in [0.4, 0.5) is 0 Å². The molecule has 0 aliphatic carbocycles. The molecule has 0 fully saturated rings. The molecule has 0 saturated heterocycles. The van der Waals surface area contributed by atoms with Gasteiger partial charge >= 0.3 is 0 Å². The molecule has 4 heteroatoms. The van der Waals surface area contributed by atoms with Gasteiger partial charge < -0.3 is 0 Å². The highest BCUT2D eigenvalue weighted by atomic mass is 35.7. The first-order valence-corrected chi connectivity index (χ1v) is 7.09. The van der Waals surface area contributed by atoms with Crippen molar-refractivity contribution in [1.82, 2.24) is 0 Å². The maximum absolute atomic E-state index is 11.4. The van der Waals surface area contributed by atoms with Crippen molar-refractivity contribution in [3.8, 4) is 0 Å².